The summed E-state index contributed by atoms with van der Waals surface area (Å²) in [6.45, 7) is 7.90. The molecule has 4 N–H and O–H groups in total. The fourth-order valence-corrected chi connectivity index (χ4v) is 3.78. The number of anilines is 1. The third-order valence-corrected chi connectivity index (χ3v) is 5.38. The molecule has 1 aliphatic heterocycles. The van der Waals surface area contributed by atoms with Crippen molar-refractivity contribution in [2.24, 2.45) is 0 Å². The summed E-state index contributed by atoms with van der Waals surface area (Å²) < 4.78 is 0. The third-order valence-electron chi connectivity index (χ3n) is 5.15. The number of benzene rings is 2. The van der Waals surface area contributed by atoms with Crippen LogP contribution in [0.25, 0.3) is 0 Å². The number of carboxylic acid groups (broad SMARTS) is 1. The highest BCUT2D eigenvalue weighted by atomic mass is 35.5. The zero-order valence-electron chi connectivity index (χ0n) is 15.6. The first kappa shape index (κ1) is 18.7. The number of carboxylic acids is 1. The van der Waals surface area contributed by atoms with Gasteiger partial charge >= 0.3 is 5.97 Å². The Morgan fingerprint density at radius 3 is 2.69 bits per heavy atom. The number of carbonyl (C=O) groups is 1. The quantitative estimate of drug-likeness (QED) is 0.702. The SMILES string of the molecule is CC(C)([NH2+]c1cccc(C2CC(C)(C)c3cc(Cl)ccc3N2)c1)C(=O)O. The molecule has 0 saturated carbocycles. The minimum absolute atomic E-state index is 0.00377. The Kier molecular flexibility index (Phi) is 4.76. The van der Waals surface area contributed by atoms with Gasteiger partial charge in [-0.2, -0.15) is 0 Å². The highest BCUT2D eigenvalue weighted by Gasteiger charge is 2.35. The second-order valence-electron chi connectivity index (χ2n) is 8.32. The summed E-state index contributed by atoms with van der Waals surface area (Å²) in [6, 6.07) is 14.3. The fourth-order valence-electron chi connectivity index (χ4n) is 3.61. The Hall–Kier alpha value is -2.04. The van der Waals surface area contributed by atoms with Gasteiger partial charge in [-0.05, 0) is 47.2 Å². The Morgan fingerprint density at radius 2 is 2.00 bits per heavy atom. The van der Waals surface area contributed by atoms with Crippen LogP contribution in [0.5, 0.6) is 0 Å². The largest absolute Gasteiger partial charge is 0.477 e. The van der Waals surface area contributed by atoms with E-state index in [0.29, 0.717) is 0 Å². The Morgan fingerprint density at radius 1 is 1.27 bits per heavy atom. The van der Waals surface area contributed by atoms with Crippen molar-refractivity contribution in [3.63, 3.8) is 0 Å². The van der Waals surface area contributed by atoms with E-state index in [1.807, 2.05) is 30.3 Å². The van der Waals surface area contributed by atoms with E-state index in [1.54, 1.807) is 19.2 Å². The molecular weight excluding hydrogens is 348 g/mol. The van der Waals surface area contributed by atoms with Gasteiger partial charge in [-0.15, -0.1) is 0 Å². The molecule has 1 unspecified atom stereocenters. The highest BCUT2D eigenvalue weighted by Crippen LogP contribution is 2.44. The first-order valence-electron chi connectivity index (χ1n) is 8.84. The number of aliphatic carboxylic acids is 1. The predicted molar refractivity (Wildman–Crippen MR) is 105 cm³/mol. The van der Waals surface area contributed by atoms with Gasteiger partial charge in [0.2, 0.25) is 0 Å². The lowest BCUT2D eigenvalue weighted by Gasteiger charge is -2.39. The third kappa shape index (κ3) is 3.71. The van der Waals surface area contributed by atoms with Crippen LogP contribution in [0.1, 0.15) is 51.3 Å². The molecule has 3 rings (SSSR count). The van der Waals surface area contributed by atoms with Gasteiger partial charge in [0.05, 0.1) is 6.04 Å². The van der Waals surface area contributed by atoms with Gasteiger partial charge < -0.3 is 15.7 Å². The lowest BCUT2D eigenvalue weighted by Crippen LogP contribution is -2.92. The zero-order valence-corrected chi connectivity index (χ0v) is 16.4. The summed E-state index contributed by atoms with van der Waals surface area (Å²) in [5.74, 6) is -0.828. The topological polar surface area (TPSA) is 65.9 Å². The first-order chi connectivity index (χ1) is 12.1. The summed E-state index contributed by atoms with van der Waals surface area (Å²) in [5.41, 5.74) is 3.52. The van der Waals surface area contributed by atoms with Crippen molar-refractivity contribution >= 4 is 28.9 Å². The van der Waals surface area contributed by atoms with Crippen molar-refractivity contribution < 1.29 is 15.2 Å². The Bertz CT molecular complexity index is 846. The molecule has 2 aromatic rings. The molecule has 0 saturated heterocycles. The van der Waals surface area contributed by atoms with Gasteiger partial charge in [-0.1, -0.05) is 37.6 Å². The minimum atomic E-state index is -0.902. The molecule has 1 heterocycles. The highest BCUT2D eigenvalue weighted by molar-refractivity contribution is 6.30. The van der Waals surface area contributed by atoms with Crippen LogP contribution in [0.2, 0.25) is 5.02 Å². The van der Waals surface area contributed by atoms with E-state index in [0.717, 1.165) is 28.4 Å². The molecule has 2 aromatic carbocycles. The maximum absolute atomic E-state index is 11.4. The molecule has 0 aliphatic carbocycles. The molecule has 5 heteroatoms. The maximum atomic E-state index is 11.4. The van der Waals surface area contributed by atoms with Gasteiger partial charge in [0.25, 0.3) is 0 Å². The van der Waals surface area contributed by atoms with Crippen LogP contribution < -0.4 is 10.6 Å². The maximum Gasteiger partial charge on any atom is 0.365 e. The van der Waals surface area contributed by atoms with Crippen molar-refractivity contribution in [2.45, 2.75) is 51.1 Å². The van der Waals surface area contributed by atoms with E-state index in [1.165, 1.54) is 5.56 Å². The molecule has 4 nitrogen and oxygen atoms in total. The van der Waals surface area contributed by atoms with E-state index in [-0.39, 0.29) is 11.5 Å². The Balaban J connectivity index is 1.90. The molecule has 26 heavy (non-hydrogen) atoms. The average Bonchev–Trinajstić information content (AvgIpc) is 2.54. The monoisotopic (exact) mass is 373 g/mol. The number of quaternary nitrogens is 1. The molecule has 0 radical (unpaired) electrons. The van der Waals surface area contributed by atoms with Crippen molar-refractivity contribution in [1.29, 1.82) is 0 Å². The van der Waals surface area contributed by atoms with Crippen molar-refractivity contribution in [3.05, 3.63) is 58.6 Å². The molecule has 1 atom stereocenters. The number of hydrogen-bond donors (Lipinski definition) is 3. The van der Waals surface area contributed by atoms with E-state index in [4.69, 9.17) is 11.6 Å². The smallest absolute Gasteiger partial charge is 0.365 e. The minimum Gasteiger partial charge on any atom is -0.477 e. The molecular formula is C21H26ClN2O2+. The predicted octanol–water partition coefficient (Wildman–Crippen LogP) is 4.23. The molecule has 0 bridgehead atoms. The summed E-state index contributed by atoms with van der Waals surface area (Å²) in [6.07, 6.45) is 0.937. The van der Waals surface area contributed by atoms with Gasteiger partial charge in [-0.3, -0.25) is 0 Å². The summed E-state index contributed by atoms with van der Waals surface area (Å²) in [7, 11) is 0. The molecule has 0 amide bonds. The standard InChI is InChI=1S/C21H25ClN2O2/c1-20(2)12-18(23-17-9-8-14(22)11-16(17)20)13-6-5-7-15(10-13)24-21(3,4)19(25)26/h5-11,18,23-24H,12H2,1-4H3,(H,25,26)/p+1. The number of rotatable bonds is 4. The molecule has 0 fully saturated rings. The average molecular weight is 374 g/mol. The molecule has 1 aliphatic rings. The van der Waals surface area contributed by atoms with E-state index < -0.39 is 11.5 Å². The number of nitrogens with two attached hydrogens (primary N) is 1. The Labute approximate surface area is 159 Å². The number of hydrogen-bond acceptors (Lipinski definition) is 2. The second kappa shape index (κ2) is 6.60. The summed E-state index contributed by atoms with van der Waals surface area (Å²) in [4.78, 5) is 11.4. The van der Waals surface area contributed by atoms with E-state index in [2.05, 4.69) is 31.3 Å². The van der Waals surface area contributed by atoms with Gasteiger partial charge in [0.1, 0.15) is 5.69 Å². The summed E-state index contributed by atoms with van der Waals surface area (Å²) in [5, 5.41) is 15.5. The first-order valence-corrected chi connectivity index (χ1v) is 9.22. The lowest BCUT2D eigenvalue weighted by atomic mass is 9.74. The number of nitrogens with one attached hydrogen (secondary N) is 1. The summed E-state index contributed by atoms with van der Waals surface area (Å²) >= 11 is 6.19. The second-order valence-corrected chi connectivity index (χ2v) is 8.75. The van der Waals surface area contributed by atoms with E-state index in [9.17, 15) is 9.90 Å². The molecule has 138 valence electrons. The van der Waals surface area contributed by atoms with Gasteiger partial charge in [-0.25, -0.2) is 4.79 Å². The van der Waals surface area contributed by atoms with Crippen LogP contribution in [0.15, 0.2) is 42.5 Å². The van der Waals surface area contributed by atoms with Crippen LogP contribution in [-0.2, 0) is 10.2 Å². The van der Waals surface area contributed by atoms with Crippen LogP contribution in [0, 0.1) is 0 Å². The molecule has 0 spiro atoms. The van der Waals surface area contributed by atoms with Gasteiger partial charge in [0, 0.05) is 30.6 Å². The zero-order chi connectivity index (χ0) is 19.1. The van der Waals surface area contributed by atoms with Gasteiger partial charge in [0.15, 0.2) is 5.54 Å². The normalized spacial score (nSPS) is 18.7. The lowest BCUT2D eigenvalue weighted by molar-refractivity contribution is -0.632. The number of halogens is 1. The fraction of sp³-hybridized carbons (Fsp3) is 0.381. The van der Waals surface area contributed by atoms with Crippen LogP contribution in [0.3, 0.4) is 0 Å². The van der Waals surface area contributed by atoms with Crippen LogP contribution in [-0.4, -0.2) is 16.6 Å². The number of fused-ring (bicyclic) bond motifs is 1. The van der Waals surface area contributed by atoms with Crippen molar-refractivity contribution in [2.75, 3.05) is 5.32 Å². The van der Waals surface area contributed by atoms with Crippen LogP contribution in [0.4, 0.5) is 11.4 Å². The van der Waals surface area contributed by atoms with Crippen molar-refractivity contribution in [1.82, 2.24) is 0 Å². The van der Waals surface area contributed by atoms with Crippen LogP contribution >= 0.6 is 11.6 Å². The van der Waals surface area contributed by atoms with E-state index >= 15 is 0 Å². The van der Waals surface area contributed by atoms with Crippen molar-refractivity contribution in [3.8, 4) is 0 Å². The molecule has 0 aromatic heterocycles.